The van der Waals surface area contributed by atoms with Crippen LogP contribution in [-0.4, -0.2) is 71.5 Å². The molecular weight excluding hydrogens is 496 g/mol. The summed E-state index contributed by atoms with van der Waals surface area (Å²) in [6, 6.07) is 0. The monoisotopic (exact) mass is 572 g/mol. The van der Waals surface area contributed by atoms with Crippen molar-refractivity contribution in [3.05, 3.63) is 0 Å². The van der Waals surface area contributed by atoms with Crippen LogP contribution in [0.4, 0.5) is 0 Å². The second-order valence-electron chi connectivity index (χ2n) is 14.0. The number of rotatable bonds is 29. The highest BCUT2D eigenvalue weighted by Crippen LogP contribution is 2.40. The Morgan fingerprint density at radius 3 is 1.07 bits per heavy atom. The molecule has 0 rings (SSSR count). The molecule has 0 spiro atoms. The lowest BCUT2D eigenvalue weighted by molar-refractivity contribution is -0.935. The third-order valence-electron chi connectivity index (χ3n) is 9.61. The molecule has 0 aromatic carbocycles. The molecule has 0 aromatic heterocycles. The normalized spacial score (nSPS) is 16.9. The average Bonchev–Trinajstić information content (AvgIpc) is 2.89. The van der Waals surface area contributed by atoms with E-state index in [1.165, 1.54) is 103 Å². The zero-order valence-electron chi connectivity index (χ0n) is 28.4. The summed E-state index contributed by atoms with van der Waals surface area (Å²) in [7, 11) is 8.05. The Morgan fingerprint density at radius 1 is 0.550 bits per heavy atom. The Morgan fingerprint density at radius 2 is 0.825 bits per heavy atom. The Labute approximate surface area is 251 Å². The molecule has 3 unspecified atom stereocenters. The third kappa shape index (κ3) is 17.0. The maximum Gasteiger partial charge on any atom is 0.168 e. The molecule has 0 bridgehead atoms. The van der Waals surface area contributed by atoms with E-state index in [0.29, 0.717) is 17.3 Å². The van der Waals surface area contributed by atoms with Crippen LogP contribution in [0.5, 0.6) is 0 Å². The molecule has 5 nitrogen and oxygen atoms in total. The van der Waals surface area contributed by atoms with Crippen LogP contribution in [0.1, 0.15) is 175 Å². The van der Waals surface area contributed by atoms with E-state index in [2.05, 4.69) is 40.3 Å². The lowest BCUT2D eigenvalue weighted by Gasteiger charge is -2.55. The van der Waals surface area contributed by atoms with Gasteiger partial charge in [-0.1, -0.05) is 142 Å². The molecule has 0 radical (unpaired) electrons. The molecule has 0 aromatic rings. The van der Waals surface area contributed by atoms with Gasteiger partial charge in [-0.2, -0.15) is 0 Å². The Balaban J connectivity index is 4.71. The lowest BCUT2D eigenvalue weighted by atomic mass is 9.74. The Hall–Kier alpha value is -0.200. The van der Waals surface area contributed by atoms with Gasteiger partial charge in [0.2, 0.25) is 0 Å². The Bertz CT molecular complexity index is 529. The number of likely N-dealkylation sites (N-methyl/N-ethyl adjacent to an activating group) is 2. The number of quaternary nitrogens is 1. The summed E-state index contributed by atoms with van der Waals surface area (Å²) >= 11 is 0. The van der Waals surface area contributed by atoms with E-state index in [1.54, 1.807) is 7.05 Å². The number of nitrogens with one attached hydrogen (secondary N) is 1. The molecule has 242 valence electrons. The van der Waals surface area contributed by atoms with Crippen molar-refractivity contribution in [1.82, 2.24) is 5.32 Å². The summed E-state index contributed by atoms with van der Waals surface area (Å²) < 4.78 is 0.477. The molecule has 5 heteroatoms. The molecule has 0 fully saturated rings. The van der Waals surface area contributed by atoms with E-state index in [9.17, 15) is 15.3 Å². The predicted octanol–water partition coefficient (Wildman–Crippen LogP) is 8.48. The van der Waals surface area contributed by atoms with E-state index in [1.807, 2.05) is 6.92 Å². The number of unbranched alkanes of at least 4 members (excludes halogenated alkanes) is 18. The number of hydrogen-bond donors (Lipinski definition) is 4. The second kappa shape index (κ2) is 23.3. The summed E-state index contributed by atoms with van der Waals surface area (Å²) in [5, 5.41) is 37.1. The van der Waals surface area contributed by atoms with Gasteiger partial charge in [0.05, 0.1) is 33.4 Å². The van der Waals surface area contributed by atoms with Crippen molar-refractivity contribution < 1.29 is 19.8 Å². The summed E-state index contributed by atoms with van der Waals surface area (Å²) in [5.74, 6) is 0. The summed E-state index contributed by atoms with van der Waals surface area (Å²) in [4.78, 5) is 0. The number of aliphatic hydroxyl groups excluding tert-OH is 2. The second-order valence-corrected chi connectivity index (χ2v) is 14.0. The molecule has 0 aliphatic rings. The first-order valence-corrected chi connectivity index (χ1v) is 17.6. The van der Waals surface area contributed by atoms with E-state index in [4.69, 9.17) is 0 Å². The minimum absolute atomic E-state index is 0.469. The van der Waals surface area contributed by atoms with Crippen molar-refractivity contribution in [2.24, 2.45) is 0 Å². The predicted molar refractivity (Wildman–Crippen MR) is 175 cm³/mol. The average molecular weight is 572 g/mol. The van der Waals surface area contributed by atoms with Crippen LogP contribution in [-0.2, 0) is 0 Å². The maximum atomic E-state index is 11.6. The zero-order chi connectivity index (χ0) is 30.3. The van der Waals surface area contributed by atoms with Gasteiger partial charge in [0.25, 0.3) is 0 Å². The van der Waals surface area contributed by atoms with Gasteiger partial charge in [-0.15, -0.1) is 0 Å². The van der Waals surface area contributed by atoms with E-state index in [0.717, 1.165) is 38.5 Å². The first kappa shape index (κ1) is 39.8. The van der Waals surface area contributed by atoms with Crippen molar-refractivity contribution in [3.8, 4) is 0 Å². The van der Waals surface area contributed by atoms with Crippen LogP contribution in [0.25, 0.3) is 0 Å². The minimum Gasteiger partial charge on any atom is -0.393 e. The molecule has 4 N–H and O–H groups in total. The maximum absolute atomic E-state index is 11.6. The van der Waals surface area contributed by atoms with Gasteiger partial charge in [0.15, 0.2) is 5.72 Å². The van der Waals surface area contributed by atoms with Crippen LogP contribution in [0.2, 0.25) is 0 Å². The highest BCUT2D eigenvalue weighted by molar-refractivity contribution is 4.99. The van der Waals surface area contributed by atoms with Gasteiger partial charge in [0.1, 0.15) is 5.54 Å². The van der Waals surface area contributed by atoms with Gasteiger partial charge >= 0.3 is 0 Å². The van der Waals surface area contributed by atoms with E-state index >= 15 is 0 Å². The zero-order valence-corrected chi connectivity index (χ0v) is 28.4. The standard InChI is InChI=1S/C35H75N2O3/c1-8-10-12-14-16-18-20-22-24-26-28-32(38)30-35(37(5,6)7,34(3,40)36-4)31-33(39)29-27-25-23-21-19-17-15-13-11-9-2/h32-33,36,38-40H,8-31H2,1-7H3/q+1. The van der Waals surface area contributed by atoms with E-state index < -0.39 is 23.5 Å². The van der Waals surface area contributed by atoms with E-state index in [-0.39, 0.29) is 0 Å². The molecule has 0 saturated heterocycles. The fourth-order valence-electron chi connectivity index (χ4n) is 6.63. The van der Waals surface area contributed by atoms with Gasteiger partial charge < -0.3 is 19.8 Å². The van der Waals surface area contributed by atoms with Crippen molar-refractivity contribution in [2.75, 3.05) is 28.2 Å². The van der Waals surface area contributed by atoms with Crippen LogP contribution < -0.4 is 5.32 Å². The molecule has 0 aliphatic carbocycles. The minimum atomic E-state index is -1.22. The molecule has 0 heterocycles. The van der Waals surface area contributed by atoms with Crippen molar-refractivity contribution in [1.29, 1.82) is 0 Å². The summed E-state index contributed by atoms with van der Waals surface area (Å²) in [6.07, 6.45) is 27.1. The quantitative estimate of drug-likeness (QED) is 0.0413. The molecule has 3 atom stereocenters. The molecule has 0 aliphatic heterocycles. The molecule has 40 heavy (non-hydrogen) atoms. The first-order valence-electron chi connectivity index (χ1n) is 17.6. The van der Waals surface area contributed by atoms with Crippen molar-refractivity contribution >= 4 is 0 Å². The van der Waals surface area contributed by atoms with Crippen molar-refractivity contribution in [2.45, 2.75) is 198 Å². The molecule has 0 saturated carbocycles. The van der Waals surface area contributed by atoms with Gasteiger partial charge in [-0.3, -0.25) is 5.32 Å². The van der Waals surface area contributed by atoms with Gasteiger partial charge in [-0.05, 0) is 26.8 Å². The highest BCUT2D eigenvalue weighted by Gasteiger charge is 2.57. The molecular formula is C35H75N2O3+. The lowest BCUT2D eigenvalue weighted by Crippen LogP contribution is -2.74. The highest BCUT2D eigenvalue weighted by atomic mass is 16.3. The number of nitrogens with zero attached hydrogens (tertiary/aromatic N) is 1. The van der Waals surface area contributed by atoms with Crippen LogP contribution in [0, 0.1) is 0 Å². The Kier molecular flexibility index (Phi) is 23.2. The smallest absolute Gasteiger partial charge is 0.168 e. The van der Waals surface area contributed by atoms with Crippen LogP contribution in [0.3, 0.4) is 0 Å². The fraction of sp³-hybridized carbons (Fsp3) is 1.00. The topological polar surface area (TPSA) is 72.7 Å². The molecule has 0 amide bonds. The van der Waals surface area contributed by atoms with Crippen molar-refractivity contribution in [3.63, 3.8) is 0 Å². The largest absolute Gasteiger partial charge is 0.393 e. The third-order valence-corrected chi connectivity index (χ3v) is 9.61. The van der Waals surface area contributed by atoms with Crippen LogP contribution in [0.15, 0.2) is 0 Å². The fourth-order valence-corrected chi connectivity index (χ4v) is 6.63. The summed E-state index contributed by atoms with van der Waals surface area (Å²) in [6.45, 7) is 6.34. The van der Waals surface area contributed by atoms with Gasteiger partial charge in [0, 0.05) is 12.8 Å². The summed E-state index contributed by atoms with van der Waals surface area (Å²) in [5.41, 5.74) is -1.93. The SMILES string of the molecule is CCCCCCCCCCCCC(O)CC(CC(O)CCCCCCCCCCCC)(C(C)(O)NC)[N+](C)(C)C. The van der Waals surface area contributed by atoms with Gasteiger partial charge in [-0.25, -0.2) is 0 Å². The first-order chi connectivity index (χ1) is 19.0. The number of aliphatic hydroxyl groups is 3. The number of hydrogen-bond acceptors (Lipinski definition) is 4. The van der Waals surface area contributed by atoms with Crippen LogP contribution >= 0.6 is 0 Å².